The lowest BCUT2D eigenvalue weighted by atomic mass is 9.86. The molecule has 27 heavy (non-hydrogen) atoms. The fraction of sp³-hybridized carbons (Fsp3) is 0.444. The molecule has 9 heteroatoms. The third kappa shape index (κ3) is 4.30. The fourth-order valence-corrected chi connectivity index (χ4v) is 4.36. The van der Waals surface area contributed by atoms with Crippen molar-refractivity contribution in [3.63, 3.8) is 0 Å². The van der Waals surface area contributed by atoms with Gasteiger partial charge in [0.2, 0.25) is 10.0 Å². The van der Waals surface area contributed by atoms with E-state index in [0.29, 0.717) is 31.7 Å². The first-order valence-corrected chi connectivity index (χ1v) is 10.6. The zero-order valence-corrected chi connectivity index (χ0v) is 16.4. The third-order valence-electron chi connectivity index (χ3n) is 4.88. The van der Waals surface area contributed by atoms with Crippen molar-refractivity contribution in [1.82, 2.24) is 14.1 Å². The molecule has 146 valence electrons. The Morgan fingerprint density at radius 1 is 1.19 bits per heavy atom. The first-order chi connectivity index (χ1) is 12.8. The molecule has 0 unspecified atom stereocenters. The van der Waals surface area contributed by atoms with E-state index >= 15 is 0 Å². The van der Waals surface area contributed by atoms with Crippen LogP contribution in [0.5, 0.6) is 0 Å². The van der Waals surface area contributed by atoms with Gasteiger partial charge in [0.1, 0.15) is 5.54 Å². The number of hydrogen-bond donors (Lipinski definition) is 2. The number of piperidine rings is 1. The van der Waals surface area contributed by atoms with Gasteiger partial charge in [-0.25, -0.2) is 12.7 Å². The lowest BCUT2D eigenvalue weighted by molar-refractivity contribution is -0.121. The van der Waals surface area contributed by atoms with Gasteiger partial charge in [-0.1, -0.05) is 18.2 Å². The van der Waals surface area contributed by atoms with Gasteiger partial charge in [-0.15, -0.1) is 0 Å². The Hall–Kier alpha value is -2.39. The molecule has 1 aromatic carbocycles. The van der Waals surface area contributed by atoms with Crippen LogP contribution >= 0.6 is 0 Å². The Balaban J connectivity index is 1.82. The highest BCUT2D eigenvalue weighted by Gasteiger charge is 2.43. The smallest absolute Gasteiger partial charge is 0.251 e. The molecule has 1 aliphatic heterocycles. The second-order valence-electron chi connectivity index (χ2n) is 6.70. The SMILES string of the molecule is CCS(=O)(=O)N1CCC(Nc2ccccc2)(C(=O)Nc2ccn(C)n2)CC1. The molecule has 1 aromatic heterocycles. The number of sulfonamides is 1. The maximum atomic E-state index is 13.1. The lowest BCUT2D eigenvalue weighted by Crippen LogP contribution is -2.57. The highest BCUT2D eigenvalue weighted by atomic mass is 32.2. The predicted octanol–water partition coefficient (Wildman–Crippen LogP) is 1.65. The molecule has 0 bridgehead atoms. The number of benzene rings is 1. The van der Waals surface area contributed by atoms with Gasteiger partial charge >= 0.3 is 0 Å². The number of hydrogen-bond acceptors (Lipinski definition) is 5. The molecule has 1 saturated heterocycles. The first kappa shape index (κ1) is 19.4. The summed E-state index contributed by atoms with van der Waals surface area (Å²) < 4.78 is 27.4. The number of aromatic nitrogens is 2. The molecule has 2 aromatic rings. The van der Waals surface area contributed by atoms with Crippen LogP contribution < -0.4 is 10.6 Å². The summed E-state index contributed by atoms with van der Waals surface area (Å²) in [6.07, 6.45) is 2.50. The van der Waals surface area contributed by atoms with E-state index in [1.807, 2.05) is 30.3 Å². The summed E-state index contributed by atoms with van der Waals surface area (Å²) in [5.74, 6) is 0.325. The molecule has 0 aliphatic carbocycles. The molecule has 0 spiro atoms. The van der Waals surface area contributed by atoms with E-state index in [1.165, 1.54) is 4.31 Å². The minimum Gasteiger partial charge on any atom is -0.371 e. The average molecular weight is 391 g/mol. The maximum absolute atomic E-state index is 13.1. The predicted molar refractivity (Wildman–Crippen MR) is 105 cm³/mol. The van der Waals surface area contributed by atoms with Gasteiger partial charge in [0, 0.05) is 38.1 Å². The van der Waals surface area contributed by atoms with Crippen molar-refractivity contribution < 1.29 is 13.2 Å². The van der Waals surface area contributed by atoms with Gasteiger partial charge in [-0.2, -0.15) is 5.10 Å². The van der Waals surface area contributed by atoms with Crippen molar-refractivity contribution in [2.45, 2.75) is 25.3 Å². The van der Waals surface area contributed by atoms with Gasteiger partial charge in [-0.3, -0.25) is 9.48 Å². The number of rotatable bonds is 6. The van der Waals surface area contributed by atoms with E-state index in [0.717, 1.165) is 5.69 Å². The van der Waals surface area contributed by atoms with Crippen molar-refractivity contribution >= 4 is 27.4 Å². The van der Waals surface area contributed by atoms with E-state index < -0.39 is 15.6 Å². The molecule has 0 atom stereocenters. The summed E-state index contributed by atoms with van der Waals surface area (Å²) in [6.45, 7) is 2.23. The molecule has 2 heterocycles. The lowest BCUT2D eigenvalue weighted by Gasteiger charge is -2.41. The largest absolute Gasteiger partial charge is 0.371 e. The zero-order valence-electron chi connectivity index (χ0n) is 15.6. The Bertz CT molecular complexity index is 887. The van der Waals surface area contributed by atoms with Crippen molar-refractivity contribution in [2.75, 3.05) is 29.5 Å². The average Bonchev–Trinajstić information content (AvgIpc) is 3.07. The molecule has 1 fully saturated rings. The summed E-state index contributed by atoms with van der Waals surface area (Å²) in [7, 11) is -1.49. The summed E-state index contributed by atoms with van der Waals surface area (Å²) in [6, 6.07) is 11.2. The molecule has 3 rings (SSSR count). The van der Waals surface area contributed by atoms with E-state index in [9.17, 15) is 13.2 Å². The van der Waals surface area contributed by atoms with Crippen molar-refractivity contribution in [3.05, 3.63) is 42.6 Å². The monoisotopic (exact) mass is 391 g/mol. The molecular weight excluding hydrogens is 366 g/mol. The minimum absolute atomic E-state index is 0.0618. The Morgan fingerprint density at radius 3 is 2.41 bits per heavy atom. The zero-order chi connectivity index (χ0) is 19.5. The number of carbonyl (C=O) groups is 1. The Kier molecular flexibility index (Phi) is 5.52. The summed E-state index contributed by atoms with van der Waals surface area (Å²) in [5, 5.41) is 10.4. The highest BCUT2D eigenvalue weighted by molar-refractivity contribution is 7.89. The van der Waals surface area contributed by atoms with Crippen LogP contribution in [0.2, 0.25) is 0 Å². The first-order valence-electron chi connectivity index (χ1n) is 8.97. The van der Waals surface area contributed by atoms with E-state index in [4.69, 9.17) is 0 Å². The summed E-state index contributed by atoms with van der Waals surface area (Å²) >= 11 is 0. The van der Waals surface area contributed by atoms with E-state index in [2.05, 4.69) is 15.7 Å². The minimum atomic E-state index is -3.27. The van der Waals surface area contributed by atoms with Crippen LogP contribution in [0.25, 0.3) is 0 Å². The molecule has 1 amide bonds. The van der Waals surface area contributed by atoms with Crippen LogP contribution in [0.3, 0.4) is 0 Å². The molecular formula is C18H25N5O3S. The van der Waals surface area contributed by atoms with E-state index in [1.54, 1.807) is 30.9 Å². The summed E-state index contributed by atoms with van der Waals surface area (Å²) in [5.41, 5.74) is -0.0843. The second kappa shape index (κ2) is 7.69. The topological polar surface area (TPSA) is 96.3 Å². The maximum Gasteiger partial charge on any atom is 0.251 e. The fourth-order valence-electron chi connectivity index (χ4n) is 3.25. The Morgan fingerprint density at radius 2 is 1.85 bits per heavy atom. The summed E-state index contributed by atoms with van der Waals surface area (Å²) in [4.78, 5) is 13.1. The standard InChI is InChI=1S/C18H25N5O3S/c1-3-27(25,26)23-13-10-18(11-14-23,20-15-7-5-4-6-8-15)17(24)19-16-9-12-22(2)21-16/h4-9,12,20H,3,10-11,13-14H2,1-2H3,(H,19,21,24). The van der Waals surface area contributed by atoms with Crippen LogP contribution in [0.15, 0.2) is 42.6 Å². The number of aryl methyl sites for hydroxylation is 1. The van der Waals surface area contributed by atoms with Gasteiger partial charge < -0.3 is 10.6 Å². The number of para-hydroxylation sites is 1. The van der Waals surface area contributed by atoms with Crippen LogP contribution in [-0.4, -0.2) is 52.8 Å². The second-order valence-corrected chi connectivity index (χ2v) is 8.96. The van der Waals surface area contributed by atoms with Gasteiger partial charge in [0.15, 0.2) is 5.82 Å². The van der Waals surface area contributed by atoms with Crippen molar-refractivity contribution in [3.8, 4) is 0 Å². The Labute approximate surface area is 159 Å². The normalized spacial score (nSPS) is 17.4. The van der Waals surface area contributed by atoms with Gasteiger partial charge in [0.05, 0.1) is 5.75 Å². The van der Waals surface area contributed by atoms with E-state index in [-0.39, 0.29) is 11.7 Å². The van der Waals surface area contributed by atoms with Gasteiger partial charge in [-0.05, 0) is 31.9 Å². The number of nitrogens with one attached hydrogen (secondary N) is 2. The molecule has 0 saturated carbocycles. The third-order valence-corrected chi connectivity index (χ3v) is 6.76. The number of anilines is 2. The van der Waals surface area contributed by atoms with Crippen LogP contribution in [-0.2, 0) is 21.9 Å². The van der Waals surface area contributed by atoms with Crippen LogP contribution in [0.4, 0.5) is 11.5 Å². The van der Waals surface area contributed by atoms with Crippen LogP contribution in [0, 0.1) is 0 Å². The van der Waals surface area contributed by atoms with Crippen molar-refractivity contribution in [1.29, 1.82) is 0 Å². The molecule has 2 N–H and O–H groups in total. The quantitative estimate of drug-likeness (QED) is 0.781. The molecule has 8 nitrogen and oxygen atoms in total. The van der Waals surface area contributed by atoms with Gasteiger partial charge in [0.25, 0.3) is 5.91 Å². The highest BCUT2D eigenvalue weighted by Crippen LogP contribution is 2.30. The van der Waals surface area contributed by atoms with Crippen LogP contribution in [0.1, 0.15) is 19.8 Å². The van der Waals surface area contributed by atoms with Crippen molar-refractivity contribution in [2.24, 2.45) is 7.05 Å². The molecule has 0 radical (unpaired) electrons. The number of amides is 1. The molecule has 1 aliphatic rings. The number of nitrogens with zero attached hydrogens (tertiary/aromatic N) is 3. The number of carbonyl (C=O) groups excluding carboxylic acids is 1.